The van der Waals surface area contributed by atoms with Crippen LogP contribution in [0.5, 0.6) is 46.0 Å². The van der Waals surface area contributed by atoms with Crippen LogP contribution in [0.4, 0.5) is 0 Å². The molecule has 6 aliphatic rings. The van der Waals surface area contributed by atoms with E-state index < -0.39 is 186 Å². The van der Waals surface area contributed by atoms with Crippen molar-refractivity contribution in [2.75, 3.05) is 47.4 Å². The molecule has 0 spiro atoms. The smallest absolute Gasteiger partial charge is 0.248 e. The second kappa shape index (κ2) is 34.4. The minimum atomic E-state index is -2.28. The van der Waals surface area contributed by atoms with Crippen LogP contribution in [0.25, 0.3) is 11.1 Å². The SMILES string of the molecule is CCCCCCNC(=O)CC1NC(=O)C(NC(=O)[C@@H](CC(C)C)NC)[C@H](O)c2ccc(c(Cl)c2)Oc2cc3cc(c2O[C@H]2O[C@H](CO)[C@@H](O)[C@H](O)[C@H]2O)Oc2ccc(cc2Cl)[C@@H](O)[C@@H]2NC(=O)[C@H](NC(=O)C3NC1=O)c1ccc(O)c(c1)-c1c(O)cc(O)cc1[C@H](C(=O)NCCCN(C)C)NC2=O. The molecule has 0 aromatic heterocycles. The Labute approximate surface area is 601 Å². The molecule has 6 aliphatic heterocycles. The normalized spacial score (nSPS) is 24.6. The summed E-state index contributed by atoms with van der Waals surface area (Å²) in [7, 11) is 5.11. The number of amides is 8. The van der Waals surface area contributed by atoms with Gasteiger partial charge in [0.2, 0.25) is 59.3 Å². The number of benzene rings is 5. The average molecular weight is 1470 g/mol. The molecule has 556 valence electrons. The summed E-state index contributed by atoms with van der Waals surface area (Å²) in [4.78, 5) is 123. The van der Waals surface area contributed by atoms with Crippen molar-refractivity contribution < 1.29 is 103 Å². The van der Waals surface area contributed by atoms with Gasteiger partial charge in [0.05, 0.1) is 29.1 Å². The number of rotatable bonds is 20. The summed E-state index contributed by atoms with van der Waals surface area (Å²) in [6.07, 6.45) is -11.3. The van der Waals surface area contributed by atoms with E-state index in [2.05, 4.69) is 47.9 Å². The van der Waals surface area contributed by atoms with Crippen molar-refractivity contribution >= 4 is 70.5 Å². The summed E-state index contributed by atoms with van der Waals surface area (Å²) >= 11 is 14.1. The molecule has 1 saturated heterocycles. The Morgan fingerprint density at radius 1 is 0.641 bits per heavy atom. The molecule has 1 fully saturated rings. The van der Waals surface area contributed by atoms with Gasteiger partial charge >= 0.3 is 0 Å². The number of halogens is 2. The molecule has 5 aromatic rings. The highest BCUT2D eigenvalue weighted by Crippen LogP contribution is 2.49. The number of phenols is 3. The van der Waals surface area contributed by atoms with E-state index in [1.165, 1.54) is 37.4 Å². The minimum Gasteiger partial charge on any atom is -0.508 e. The number of hydrogen-bond donors (Lipinski definition) is 18. The summed E-state index contributed by atoms with van der Waals surface area (Å²) in [6.45, 7) is 5.37. The van der Waals surface area contributed by atoms with E-state index in [4.69, 9.17) is 42.1 Å². The summed E-state index contributed by atoms with van der Waals surface area (Å²) in [5.41, 5.74) is -2.08. The number of nitrogens with zero attached hydrogens (tertiary/aromatic N) is 1. The molecule has 31 nitrogen and oxygen atoms in total. The number of carbonyl (C=O) groups is 8. The molecule has 18 N–H and O–H groups in total. The van der Waals surface area contributed by atoms with E-state index in [0.717, 1.165) is 61.4 Å². The number of aliphatic hydroxyl groups is 6. The number of aliphatic hydroxyl groups excluding tert-OH is 6. The fourth-order valence-corrected chi connectivity index (χ4v) is 12.7. The van der Waals surface area contributed by atoms with Crippen molar-refractivity contribution in [2.24, 2.45) is 5.92 Å². The molecule has 11 rings (SSSR count). The zero-order valence-electron chi connectivity index (χ0n) is 57.1. The first-order chi connectivity index (χ1) is 49.0. The van der Waals surface area contributed by atoms with E-state index in [1.807, 2.05) is 25.7 Å². The molecular weight excluding hydrogens is 1390 g/mol. The number of likely N-dealkylation sites (N-methyl/N-ethyl adjacent to an activating group) is 1. The monoisotopic (exact) mass is 1470 g/mol. The van der Waals surface area contributed by atoms with Gasteiger partial charge in [0, 0.05) is 30.3 Å². The Balaban J connectivity index is 1.31. The number of aromatic hydroxyl groups is 3. The van der Waals surface area contributed by atoms with Gasteiger partial charge < -0.3 is 118 Å². The molecule has 14 atom stereocenters. The molecule has 6 heterocycles. The lowest BCUT2D eigenvalue weighted by Crippen LogP contribution is -2.60. The van der Waals surface area contributed by atoms with Crippen LogP contribution >= 0.6 is 23.2 Å². The number of unbranched alkanes of at least 4 members (excludes halogenated alkanes) is 3. The van der Waals surface area contributed by atoms with Gasteiger partial charge in [-0.3, -0.25) is 38.4 Å². The highest BCUT2D eigenvalue weighted by molar-refractivity contribution is 6.32. The predicted octanol–water partition coefficient (Wildman–Crippen LogP) is 2.06. The van der Waals surface area contributed by atoms with Gasteiger partial charge in [0.1, 0.15) is 102 Å². The van der Waals surface area contributed by atoms with Crippen LogP contribution in [0.1, 0.15) is 124 Å². The topological polar surface area (TPSA) is 467 Å². The van der Waals surface area contributed by atoms with Crippen molar-refractivity contribution in [3.8, 4) is 57.1 Å². The van der Waals surface area contributed by atoms with Crippen LogP contribution in [-0.4, -0.2) is 200 Å². The van der Waals surface area contributed by atoms with E-state index in [1.54, 1.807) is 14.1 Å². The molecule has 0 radical (unpaired) electrons. The van der Waals surface area contributed by atoms with Gasteiger partial charge in [-0.15, -0.1) is 0 Å². The Hall–Kier alpha value is -9.12. The Morgan fingerprint density at radius 3 is 1.88 bits per heavy atom. The molecule has 5 aromatic carbocycles. The van der Waals surface area contributed by atoms with Crippen LogP contribution < -0.4 is 62.1 Å². The molecule has 0 aliphatic carbocycles. The zero-order chi connectivity index (χ0) is 74.8. The number of hydrogen-bond acceptors (Lipinski definition) is 23. The summed E-state index contributed by atoms with van der Waals surface area (Å²) < 4.78 is 25.3. The molecular formula is C70H86Cl2N10O21. The maximum Gasteiger partial charge on any atom is 0.248 e. The van der Waals surface area contributed by atoms with Crippen LogP contribution in [0.3, 0.4) is 0 Å². The molecule has 11 bridgehead atoms. The standard InChI is InChI=1S/C70H86Cl2N10O21/c1-7-8-9-10-18-74-50(87)29-42-64(94)77-53-35-25-47(100-45-16-13-33(23-39(45)71)57(88)55(68(98)76-42)80-63(93)41(73-4)21-31(2)3)62(103-70-61(92)60(91)59(90)49(30-83)102-70)48(26-35)101-46-17-14-34(24-40(46)72)58(89)56-69(99)79-54(65(95)75-19-11-20-82(5)6)38-27-36(84)28-44(86)51(38)37-22-32(12-15-43(37)85)52(66(96)81-56)78-67(53)97/h12-17,22-28,31,41-42,49,52-61,70,73,83-86,88-92H,7-11,18-21,29-30H2,1-6H3,(H,74,87)(H,75,95)(H,76,98)(H,77,94)(H,78,97)(H,79,99)(H,80,93)(H,81,96)/t41-,42?,49-,52-,53?,54-,55?,56+,57-,58-,59-,60+,61-,70-/m1/s1. The minimum absolute atomic E-state index is 0.0224. The lowest BCUT2D eigenvalue weighted by molar-refractivity contribution is -0.277. The van der Waals surface area contributed by atoms with Gasteiger partial charge in [-0.05, 0) is 135 Å². The first-order valence-corrected chi connectivity index (χ1v) is 34.3. The van der Waals surface area contributed by atoms with E-state index in [9.17, 15) is 60.3 Å². The fourth-order valence-electron chi connectivity index (χ4n) is 12.3. The quantitative estimate of drug-likeness (QED) is 0.0496. The molecule has 0 saturated carbocycles. The number of nitrogens with one attached hydrogen (secondary N) is 9. The van der Waals surface area contributed by atoms with Gasteiger partial charge in [0.25, 0.3) is 0 Å². The Bertz CT molecular complexity index is 3980. The van der Waals surface area contributed by atoms with Gasteiger partial charge in [-0.25, -0.2) is 0 Å². The molecule has 103 heavy (non-hydrogen) atoms. The highest BCUT2D eigenvalue weighted by Gasteiger charge is 2.47. The molecule has 33 heteroatoms. The number of phenolic OH excluding ortho intramolecular Hbond substituents is 3. The van der Waals surface area contributed by atoms with Crippen molar-refractivity contribution in [2.45, 2.75) is 151 Å². The number of carbonyl (C=O) groups excluding carboxylic acids is 8. The fraction of sp³-hybridized carbons (Fsp3) is 0.457. The van der Waals surface area contributed by atoms with Crippen molar-refractivity contribution in [3.63, 3.8) is 0 Å². The third kappa shape index (κ3) is 18.5. The summed E-state index contributed by atoms with van der Waals surface area (Å²) in [6, 6.07) is 1.000. The predicted molar refractivity (Wildman–Crippen MR) is 369 cm³/mol. The third-order valence-electron chi connectivity index (χ3n) is 17.8. The first kappa shape index (κ1) is 78.0. The van der Waals surface area contributed by atoms with Crippen molar-refractivity contribution in [1.82, 2.24) is 52.8 Å². The van der Waals surface area contributed by atoms with Gasteiger partial charge in [-0.2, -0.15) is 0 Å². The molecule has 8 amide bonds. The van der Waals surface area contributed by atoms with E-state index >= 15 is 24.0 Å². The van der Waals surface area contributed by atoms with Crippen molar-refractivity contribution in [3.05, 3.63) is 117 Å². The largest absolute Gasteiger partial charge is 0.508 e. The van der Waals surface area contributed by atoms with Gasteiger partial charge in [-0.1, -0.05) is 81.4 Å². The summed E-state index contributed by atoms with van der Waals surface area (Å²) in [5.74, 6) is -13.6. The Morgan fingerprint density at radius 2 is 1.26 bits per heavy atom. The second-order valence-electron chi connectivity index (χ2n) is 26.2. The van der Waals surface area contributed by atoms with Crippen LogP contribution in [0, 0.1) is 5.92 Å². The van der Waals surface area contributed by atoms with Gasteiger partial charge in [0.15, 0.2) is 11.5 Å². The van der Waals surface area contributed by atoms with Crippen LogP contribution in [-0.2, 0) is 43.1 Å². The summed E-state index contributed by atoms with van der Waals surface area (Å²) in [5, 5.41) is 126. The average Bonchev–Trinajstić information content (AvgIpc) is 0.767. The van der Waals surface area contributed by atoms with E-state index in [0.29, 0.717) is 25.8 Å². The third-order valence-corrected chi connectivity index (χ3v) is 18.4. The van der Waals surface area contributed by atoms with E-state index in [-0.39, 0.29) is 80.4 Å². The lowest BCUT2D eigenvalue weighted by Gasteiger charge is -2.39. The zero-order valence-corrected chi connectivity index (χ0v) is 58.6. The van der Waals surface area contributed by atoms with Crippen LogP contribution in [0.2, 0.25) is 10.0 Å². The Kier molecular flexibility index (Phi) is 26.1. The first-order valence-electron chi connectivity index (χ1n) is 33.5. The lowest BCUT2D eigenvalue weighted by atomic mass is 9.89. The van der Waals surface area contributed by atoms with Crippen molar-refractivity contribution in [1.29, 1.82) is 0 Å². The highest BCUT2D eigenvalue weighted by atomic mass is 35.5. The second-order valence-corrected chi connectivity index (χ2v) is 27.0. The van der Waals surface area contributed by atoms with Crippen LogP contribution in [0.15, 0.2) is 78.9 Å². The maximum absolute atomic E-state index is 16.2. The maximum atomic E-state index is 16.2. The number of ether oxygens (including phenoxy) is 4. The number of fused-ring (bicyclic) bond motifs is 15. The molecule has 3 unspecified atom stereocenters.